The van der Waals surface area contributed by atoms with Crippen molar-refractivity contribution in [1.82, 2.24) is 5.32 Å². The molecular formula is C14H21NO3. The zero-order valence-corrected chi connectivity index (χ0v) is 11.0. The van der Waals surface area contributed by atoms with Gasteiger partial charge in [-0.1, -0.05) is 32.0 Å². The summed E-state index contributed by atoms with van der Waals surface area (Å²) in [6.07, 6.45) is 1.12. The largest absolute Gasteiger partial charge is 0.482 e. The van der Waals surface area contributed by atoms with Crippen molar-refractivity contribution in [2.45, 2.75) is 26.8 Å². The Morgan fingerprint density at radius 1 is 1.39 bits per heavy atom. The van der Waals surface area contributed by atoms with Crippen molar-refractivity contribution >= 4 is 5.97 Å². The quantitative estimate of drug-likeness (QED) is 0.696. The highest BCUT2D eigenvalue weighted by Gasteiger charge is 2.05. The zero-order valence-electron chi connectivity index (χ0n) is 11.0. The summed E-state index contributed by atoms with van der Waals surface area (Å²) in [7, 11) is 0. The standard InChI is InChI=1S/C14H21NO3/c1-11(2)7-8-15-9-12-5-3-4-6-13(12)18-10-14(16)17/h3-6,11,15H,7-10H2,1-2H3,(H,16,17). The zero-order chi connectivity index (χ0) is 13.4. The molecule has 1 aromatic carbocycles. The van der Waals surface area contributed by atoms with Gasteiger partial charge in [0.05, 0.1) is 0 Å². The molecule has 1 aromatic rings. The molecule has 0 spiro atoms. The number of ether oxygens (including phenoxy) is 1. The first-order valence-corrected chi connectivity index (χ1v) is 6.23. The van der Waals surface area contributed by atoms with Crippen LogP contribution in [0.1, 0.15) is 25.8 Å². The van der Waals surface area contributed by atoms with Crippen LogP contribution in [-0.4, -0.2) is 24.2 Å². The van der Waals surface area contributed by atoms with Crippen molar-refractivity contribution in [2.24, 2.45) is 5.92 Å². The summed E-state index contributed by atoms with van der Waals surface area (Å²) in [6, 6.07) is 7.50. The number of aliphatic carboxylic acids is 1. The first kappa shape index (κ1) is 14.5. The summed E-state index contributed by atoms with van der Waals surface area (Å²) in [5, 5.41) is 11.9. The molecule has 0 aliphatic heterocycles. The predicted molar refractivity (Wildman–Crippen MR) is 70.7 cm³/mol. The lowest BCUT2D eigenvalue weighted by molar-refractivity contribution is -0.139. The maximum atomic E-state index is 10.5. The van der Waals surface area contributed by atoms with Gasteiger partial charge in [-0.05, 0) is 24.9 Å². The van der Waals surface area contributed by atoms with Gasteiger partial charge in [-0.2, -0.15) is 0 Å². The van der Waals surface area contributed by atoms with Gasteiger partial charge >= 0.3 is 5.97 Å². The van der Waals surface area contributed by atoms with Gasteiger partial charge < -0.3 is 15.2 Å². The summed E-state index contributed by atoms with van der Waals surface area (Å²) >= 11 is 0. The molecule has 0 radical (unpaired) electrons. The Labute approximate surface area is 108 Å². The van der Waals surface area contributed by atoms with Crippen LogP contribution in [0.2, 0.25) is 0 Å². The third kappa shape index (κ3) is 5.68. The molecule has 0 aliphatic carbocycles. The number of nitrogens with one attached hydrogen (secondary N) is 1. The Kier molecular flexibility index (Phi) is 6.22. The third-order valence-electron chi connectivity index (χ3n) is 2.54. The van der Waals surface area contributed by atoms with E-state index in [9.17, 15) is 4.79 Å². The fourth-order valence-electron chi connectivity index (χ4n) is 1.54. The van der Waals surface area contributed by atoms with E-state index in [0.29, 0.717) is 18.2 Å². The molecule has 4 nitrogen and oxygen atoms in total. The van der Waals surface area contributed by atoms with E-state index in [-0.39, 0.29) is 6.61 Å². The summed E-state index contributed by atoms with van der Waals surface area (Å²) in [5.41, 5.74) is 0.988. The SMILES string of the molecule is CC(C)CCNCc1ccccc1OCC(=O)O. The number of hydrogen-bond acceptors (Lipinski definition) is 3. The minimum atomic E-state index is -0.961. The maximum absolute atomic E-state index is 10.5. The van der Waals surface area contributed by atoms with E-state index in [1.807, 2.05) is 18.2 Å². The van der Waals surface area contributed by atoms with Crippen molar-refractivity contribution in [3.63, 3.8) is 0 Å². The van der Waals surface area contributed by atoms with Gasteiger partial charge in [-0.15, -0.1) is 0 Å². The summed E-state index contributed by atoms with van der Waals surface area (Å²) in [4.78, 5) is 10.5. The van der Waals surface area contributed by atoms with Crippen molar-refractivity contribution in [3.05, 3.63) is 29.8 Å². The smallest absolute Gasteiger partial charge is 0.341 e. The van der Waals surface area contributed by atoms with E-state index < -0.39 is 5.97 Å². The molecule has 0 amide bonds. The highest BCUT2D eigenvalue weighted by molar-refractivity contribution is 5.68. The van der Waals surface area contributed by atoms with Crippen LogP contribution >= 0.6 is 0 Å². The predicted octanol–water partition coefficient (Wildman–Crippen LogP) is 2.29. The molecule has 1 rings (SSSR count). The van der Waals surface area contributed by atoms with Gasteiger partial charge in [-0.3, -0.25) is 0 Å². The molecule has 0 saturated carbocycles. The van der Waals surface area contributed by atoms with Crippen molar-refractivity contribution in [2.75, 3.05) is 13.2 Å². The topological polar surface area (TPSA) is 58.6 Å². The highest BCUT2D eigenvalue weighted by atomic mass is 16.5. The lowest BCUT2D eigenvalue weighted by atomic mass is 10.1. The van der Waals surface area contributed by atoms with Crippen LogP contribution in [0.25, 0.3) is 0 Å². The Hall–Kier alpha value is -1.55. The molecule has 100 valence electrons. The van der Waals surface area contributed by atoms with Gasteiger partial charge in [0.1, 0.15) is 5.75 Å². The van der Waals surface area contributed by atoms with Crippen molar-refractivity contribution < 1.29 is 14.6 Å². The minimum Gasteiger partial charge on any atom is -0.482 e. The van der Waals surface area contributed by atoms with Gasteiger partial charge in [0, 0.05) is 12.1 Å². The lowest BCUT2D eigenvalue weighted by Crippen LogP contribution is -2.17. The maximum Gasteiger partial charge on any atom is 0.341 e. The van der Waals surface area contributed by atoms with Crippen LogP contribution in [-0.2, 0) is 11.3 Å². The molecule has 0 aliphatic rings. The van der Waals surface area contributed by atoms with E-state index in [1.54, 1.807) is 6.07 Å². The third-order valence-corrected chi connectivity index (χ3v) is 2.54. The minimum absolute atomic E-state index is 0.303. The second-order valence-electron chi connectivity index (χ2n) is 4.65. The molecule has 0 saturated heterocycles. The number of carbonyl (C=O) groups is 1. The fourth-order valence-corrected chi connectivity index (χ4v) is 1.54. The van der Waals surface area contributed by atoms with Crippen LogP contribution in [0.4, 0.5) is 0 Å². The monoisotopic (exact) mass is 251 g/mol. The normalized spacial score (nSPS) is 10.6. The second-order valence-corrected chi connectivity index (χ2v) is 4.65. The average Bonchev–Trinajstić information content (AvgIpc) is 2.33. The number of benzene rings is 1. The van der Waals surface area contributed by atoms with E-state index in [0.717, 1.165) is 18.5 Å². The van der Waals surface area contributed by atoms with E-state index >= 15 is 0 Å². The fraction of sp³-hybridized carbons (Fsp3) is 0.500. The summed E-state index contributed by atoms with van der Waals surface area (Å²) in [6.45, 7) is 5.72. The number of rotatable bonds is 8. The molecule has 4 heteroatoms. The Bertz CT molecular complexity index is 377. The van der Waals surface area contributed by atoms with Crippen LogP contribution in [0, 0.1) is 5.92 Å². The Morgan fingerprint density at radius 2 is 2.11 bits per heavy atom. The molecule has 0 heterocycles. The molecule has 0 atom stereocenters. The second kappa shape index (κ2) is 7.71. The molecule has 0 unspecified atom stereocenters. The Balaban J connectivity index is 2.45. The van der Waals surface area contributed by atoms with Crippen LogP contribution in [0.5, 0.6) is 5.75 Å². The highest BCUT2D eigenvalue weighted by Crippen LogP contribution is 2.17. The van der Waals surface area contributed by atoms with Crippen molar-refractivity contribution in [1.29, 1.82) is 0 Å². The summed E-state index contributed by atoms with van der Waals surface area (Å²) < 4.78 is 5.24. The van der Waals surface area contributed by atoms with Crippen LogP contribution < -0.4 is 10.1 Å². The Morgan fingerprint density at radius 3 is 2.78 bits per heavy atom. The van der Waals surface area contributed by atoms with Crippen LogP contribution in [0.15, 0.2) is 24.3 Å². The molecule has 0 aromatic heterocycles. The van der Waals surface area contributed by atoms with Gasteiger partial charge in [0.2, 0.25) is 0 Å². The first-order valence-electron chi connectivity index (χ1n) is 6.23. The molecule has 0 fully saturated rings. The number of para-hydroxylation sites is 1. The van der Waals surface area contributed by atoms with Crippen molar-refractivity contribution in [3.8, 4) is 5.75 Å². The van der Waals surface area contributed by atoms with E-state index in [2.05, 4.69) is 19.2 Å². The summed E-state index contributed by atoms with van der Waals surface area (Å²) in [5.74, 6) is 0.352. The first-order chi connectivity index (χ1) is 8.59. The van der Waals surface area contributed by atoms with Crippen LogP contribution in [0.3, 0.4) is 0 Å². The molecule has 0 bridgehead atoms. The average molecular weight is 251 g/mol. The number of hydrogen-bond donors (Lipinski definition) is 2. The molecular weight excluding hydrogens is 230 g/mol. The number of carboxylic acid groups (broad SMARTS) is 1. The lowest BCUT2D eigenvalue weighted by Gasteiger charge is -2.11. The van der Waals surface area contributed by atoms with Gasteiger partial charge in [0.25, 0.3) is 0 Å². The van der Waals surface area contributed by atoms with E-state index in [1.165, 1.54) is 0 Å². The van der Waals surface area contributed by atoms with E-state index in [4.69, 9.17) is 9.84 Å². The van der Waals surface area contributed by atoms with Gasteiger partial charge in [0.15, 0.2) is 6.61 Å². The molecule has 18 heavy (non-hydrogen) atoms. The molecule has 2 N–H and O–H groups in total. The number of carboxylic acids is 1. The van der Waals surface area contributed by atoms with Gasteiger partial charge in [-0.25, -0.2) is 4.79 Å².